The number of nitrogens with zero attached hydrogens (tertiary/aromatic N) is 2. The van der Waals surface area contributed by atoms with E-state index in [1.165, 1.54) is 17.7 Å². The molecule has 0 fully saturated rings. The molecular weight excluding hydrogens is 287 g/mol. The quantitative estimate of drug-likeness (QED) is 0.657. The van der Waals surface area contributed by atoms with Gasteiger partial charge >= 0.3 is 0 Å². The van der Waals surface area contributed by atoms with Gasteiger partial charge in [-0.1, -0.05) is 18.2 Å². The minimum atomic E-state index is -0.217. The minimum absolute atomic E-state index is 0.217. The molecule has 1 aromatic heterocycles. The molecule has 0 bridgehead atoms. The average Bonchev–Trinajstić information content (AvgIpc) is 2.79. The van der Waals surface area contributed by atoms with Gasteiger partial charge in [-0.25, -0.2) is 9.37 Å². The molecule has 1 heterocycles. The number of halogens is 2. The van der Waals surface area contributed by atoms with Crippen LogP contribution in [0.1, 0.15) is 17.0 Å². The molecule has 0 aliphatic heterocycles. The topological polar surface area (TPSA) is 17.8 Å². The number of fused-ring (bicyclic) bond motifs is 1. The van der Waals surface area contributed by atoms with Gasteiger partial charge < -0.3 is 4.57 Å². The summed E-state index contributed by atoms with van der Waals surface area (Å²) in [6.45, 7) is 2.73. The second-order valence-electron chi connectivity index (χ2n) is 5.17. The Kier molecular flexibility index (Phi) is 3.93. The van der Waals surface area contributed by atoms with Crippen molar-refractivity contribution in [3.05, 3.63) is 65.2 Å². The molecule has 0 aliphatic carbocycles. The van der Waals surface area contributed by atoms with E-state index in [0.29, 0.717) is 12.4 Å². The largest absolute Gasteiger partial charge is 0.323 e. The number of alkyl halides is 1. The first-order valence-electron chi connectivity index (χ1n) is 6.93. The van der Waals surface area contributed by atoms with Crippen LogP contribution in [0.15, 0.2) is 42.5 Å². The number of aromatic nitrogens is 2. The summed E-state index contributed by atoms with van der Waals surface area (Å²) in [5.41, 5.74) is 4.31. The maximum absolute atomic E-state index is 13.0. The Morgan fingerprint density at radius 3 is 2.62 bits per heavy atom. The lowest BCUT2D eigenvalue weighted by Crippen LogP contribution is -2.06. The lowest BCUT2D eigenvalue weighted by atomic mass is 10.2. The molecule has 108 valence electrons. The Bertz CT molecular complexity index is 762. The van der Waals surface area contributed by atoms with Gasteiger partial charge in [0, 0.05) is 18.8 Å². The second-order valence-corrected chi connectivity index (χ2v) is 5.55. The maximum Gasteiger partial charge on any atom is 0.123 e. The molecule has 3 rings (SSSR count). The molecule has 3 aromatic rings. The fraction of sp³-hybridized carbons (Fsp3) is 0.235. The smallest absolute Gasteiger partial charge is 0.123 e. The van der Waals surface area contributed by atoms with Crippen molar-refractivity contribution < 1.29 is 4.39 Å². The van der Waals surface area contributed by atoms with E-state index in [2.05, 4.69) is 34.7 Å². The van der Waals surface area contributed by atoms with Crippen LogP contribution in [0.4, 0.5) is 4.39 Å². The summed E-state index contributed by atoms with van der Waals surface area (Å²) in [5.74, 6) is 1.28. The Hall–Kier alpha value is -1.87. The van der Waals surface area contributed by atoms with Gasteiger partial charge in [0.25, 0.3) is 0 Å². The van der Waals surface area contributed by atoms with Gasteiger partial charge in [-0.2, -0.15) is 0 Å². The predicted molar refractivity (Wildman–Crippen MR) is 84.4 cm³/mol. The van der Waals surface area contributed by atoms with Crippen LogP contribution >= 0.6 is 11.6 Å². The second kappa shape index (κ2) is 5.86. The highest BCUT2D eigenvalue weighted by atomic mass is 35.5. The number of imidazole rings is 1. The van der Waals surface area contributed by atoms with Crippen LogP contribution in [-0.4, -0.2) is 15.4 Å². The van der Waals surface area contributed by atoms with E-state index >= 15 is 0 Å². The highest BCUT2D eigenvalue weighted by Gasteiger charge is 2.11. The van der Waals surface area contributed by atoms with E-state index in [-0.39, 0.29) is 5.82 Å². The third kappa shape index (κ3) is 2.93. The summed E-state index contributed by atoms with van der Waals surface area (Å²) < 4.78 is 15.2. The van der Waals surface area contributed by atoms with Gasteiger partial charge in [0.2, 0.25) is 0 Å². The summed E-state index contributed by atoms with van der Waals surface area (Å²) >= 11 is 5.89. The first-order chi connectivity index (χ1) is 10.2. The lowest BCUT2D eigenvalue weighted by molar-refractivity contribution is 0.626. The Balaban J connectivity index is 2.06. The van der Waals surface area contributed by atoms with Crippen LogP contribution in [0.3, 0.4) is 0 Å². The zero-order valence-corrected chi connectivity index (χ0v) is 12.6. The highest BCUT2D eigenvalue weighted by Crippen LogP contribution is 2.20. The van der Waals surface area contributed by atoms with Crippen LogP contribution in [0.25, 0.3) is 11.0 Å². The van der Waals surface area contributed by atoms with E-state index < -0.39 is 0 Å². The molecule has 0 aliphatic rings. The van der Waals surface area contributed by atoms with Crippen LogP contribution in [0.5, 0.6) is 0 Å². The monoisotopic (exact) mass is 302 g/mol. The first-order valence-corrected chi connectivity index (χ1v) is 7.47. The number of rotatable bonds is 4. The lowest BCUT2D eigenvalue weighted by Gasteiger charge is -2.09. The van der Waals surface area contributed by atoms with Gasteiger partial charge in [-0.05, 0) is 42.3 Å². The fourth-order valence-corrected chi connectivity index (χ4v) is 2.68. The van der Waals surface area contributed by atoms with Gasteiger partial charge in [0.15, 0.2) is 0 Å². The van der Waals surface area contributed by atoms with E-state index in [9.17, 15) is 4.39 Å². The van der Waals surface area contributed by atoms with Gasteiger partial charge in [-0.15, -0.1) is 11.6 Å². The van der Waals surface area contributed by atoms with Gasteiger partial charge in [-0.3, -0.25) is 0 Å². The maximum atomic E-state index is 13.0. The van der Waals surface area contributed by atoms with Crippen molar-refractivity contribution in [1.82, 2.24) is 9.55 Å². The summed E-state index contributed by atoms with van der Waals surface area (Å²) in [7, 11) is 0. The standard InChI is InChI=1S/C17H16ClFN2/c1-12-2-7-16-15(10-12)20-17(8-9-18)21(16)11-13-3-5-14(19)6-4-13/h2-7,10H,8-9,11H2,1H3. The fourth-order valence-electron chi connectivity index (χ4n) is 2.51. The molecule has 0 amide bonds. The molecule has 0 saturated carbocycles. The average molecular weight is 303 g/mol. The molecule has 21 heavy (non-hydrogen) atoms. The summed E-state index contributed by atoms with van der Waals surface area (Å²) in [5, 5.41) is 0. The number of hydrogen-bond acceptors (Lipinski definition) is 1. The van der Waals surface area contributed by atoms with Gasteiger partial charge in [0.1, 0.15) is 11.6 Å². The van der Waals surface area contributed by atoms with Crippen LogP contribution in [-0.2, 0) is 13.0 Å². The Morgan fingerprint density at radius 1 is 1.14 bits per heavy atom. The highest BCUT2D eigenvalue weighted by molar-refractivity contribution is 6.17. The zero-order valence-electron chi connectivity index (χ0n) is 11.8. The summed E-state index contributed by atoms with van der Waals surface area (Å²) in [6.07, 6.45) is 0.719. The van der Waals surface area contributed by atoms with Crippen LogP contribution in [0, 0.1) is 12.7 Å². The molecule has 0 atom stereocenters. The Labute approximate surface area is 128 Å². The number of aryl methyl sites for hydroxylation is 2. The van der Waals surface area contributed by atoms with Crippen molar-refractivity contribution in [1.29, 1.82) is 0 Å². The summed E-state index contributed by atoms with van der Waals surface area (Å²) in [6, 6.07) is 12.8. The SMILES string of the molecule is Cc1ccc2c(c1)nc(CCCl)n2Cc1ccc(F)cc1. The molecule has 4 heteroatoms. The Morgan fingerprint density at radius 2 is 1.90 bits per heavy atom. The van der Waals surface area contributed by atoms with Crippen molar-refractivity contribution in [3.63, 3.8) is 0 Å². The van der Waals surface area contributed by atoms with Crippen LogP contribution < -0.4 is 0 Å². The zero-order chi connectivity index (χ0) is 14.8. The molecule has 0 spiro atoms. The van der Waals surface area contributed by atoms with Crippen molar-refractivity contribution in [2.24, 2.45) is 0 Å². The third-order valence-electron chi connectivity index (χ3n) is 3.55. The minimum Gasteiger partial charge on any atom is -0.323 e. The first kappa shape index (κ1) is 14.1. The predicted octanol–water partition coefficient (Wildman–Crippen LogP) is 4.31. The third-order valence-corrected chi connectivity index (χ3v) is 3.74. The molecular formula is C17H16ClFN2. The van der Waals surface area contributed by atoms with E-state index in [4.69, 9.17) is 11.6 Å². The molecule has 2 nitrogen and oxygen atoms in total. The van der Waals surface area contributed by atoms with Crippen molar-refractivity contribution in [2.45, 2.75) is 19.9 Å². The van der Waals surface area contributed by atoms with Crippen molar-refractivity contribution in [3.8, 4) is 0 Å². The molecule has 0 unspecified atom stereocenters. The normalized spacial score (nSPS) is 11.2. The van der Waals surface area contributed by atoms with Crippen molar-refractivity contribution >= 4 is 22.6 Å². The molecule has 2 aromatic carbocycles. The van der Waals surface area contributed by atoms with Crippen LogP contribution in [0.2, 0.25) is 0 Å². The van der Waals surface area contributed by atoms with Gasteiger partial charge in [0.05, 0.1) is 11.0 Å². The molecule has 0 N–H and O–H groups in total. The summed E-state index contributed by atoms with van der Waals surface area (Å²) in [4.78, 5) is 4.68. The molecule has 0 saturated heterocycles. The van der Waals surface area contributed by atoms with E-state index in [1.54, 1.807) is 12.1 Å². The number of benzene rings is 2. The van der Waals surface area contributed by atoms with Crippen molar-refractivity contribution in [2.75, 3.05) is 5.88 Å². The number of hydrogen-bond donors (Lipinski definition) is 0. The van der Waals surface area contributed by atoms with E-state index in [0.717, 1.165) is 28.8 Å². The van der Waals surface area contributed by atoms with E-state index in [1.807, 2.05) is 0 Å². The molecule has 0 radical (unpaired) electrons.